The predicted octanol–water partition coefficient (Wildman–Crippen LogP) is 2.74. The highest BCUT2D eigenvalue weighted by molar-refractivity contribution is 5.96. The van der Waals surface area contributed by atoms with E-state index in [-0.39, 0.29) is 11.9 Å². The van der Waals surface area contributed by atoms with Crippen LogP contribution in [0.2, 0.25) is 0 Å². The number of nitrogens with zero attached hydrogens (tertiary/aromatic N) is 2. The van der Waals surface area contributed by atoms with Crippen molar-refractivity contribution >= 4 is 11.9 Å². The number of hydrogen-bond donors (Lipinski definition) is 1. The quantitative estimate of drug-likeness (QED) is 0.585. The monoisotopic (exact) mass is 401 g/mol. The van der Waals surface area contributed by atoms with E-state index in [1.54, 1.807) is 0 Å². The van der Waals surface area contributed by atoms with Crippen molar-refractivity contribution in [2.75, 3.05) is 26.4 Å². The summed E-state index contributed by atoms with van der Waals surface area (Å²) in [6, 6.07) is 0. The van der Waals surface area contributed by atoms with Crippen molar-refractivity contribution < 1.29 is 19.1 Å². The molecule has 0 spiro atoms. The fraction of sp³-hybridized carbons (Fsp3) is 0.591. The van der Waals surface area contributed by atoms with Crippen LogP contribution in [0.15, 0.2) is 23.3 Å². The highest BCUT2D eigenvalue weighted by Crippen LogP contribution is 2.20. The van der Waals surface area contributed by atoms with E-state index in [4.69, 9.17) is 9.47 Å². The van der Waals surface area contributed by atoms with E-state index in [1.165, 1.54) is 5.57 Å². The molecule has 0 atom stereocenters. The predicted molar refractivity (Wildman–Crippen MR) is 110 cm³/mol. The maximum atomic E-state index is 12.7. The van der Waals surface area contributed by atoms with Crippen molar-refractivity contribution in [3.8, 4) is 0 Å². The van der Waals surface area contributed by atoms with Crippen LogP contribution in [0.1, 0.15) is 61.3 Å². The lowest BCUT2D eigenvalue weighted by molar-refractivity contribution is -0.138. The molecule has 29 heavy (non-hydrogen) atoms. The Kier molecular flexibility index (Phi) is 7.63. The van der Waals surface area contributed by atoms with E-state index >= 15 is 0 Å². The van der Waals surface area contributed by atoms with Crippen molar-refractivity contribution in [1.82, 2.24) is 15.1 Å². The van der Waals surface area contributed by atoms with Crippen LogP contribution in [0, 0.1) is 0 Å². The van der Waals surface area contributed by atoms with E-state index in [0.29, 0.717) is 56.9 Å². The molecule has 1 amide bonds. The number of carbonyl (C=O) groups is 2. The molecule has 0 unspecified atom stereocenters. The van der Waals surface area contributed by atoms with E-state index in [2.05, 4.69) is 10.4 Å². The van der Waals surface area contributed by atoms with Gasteiger partial charge in [0.05, 0.1) is 29.1 Å². The standard InChI is InChI=1S/C22H31N3O4/c1-3-18-20-19(7-4-12-28-13-5-10-23-21(20)26)25(24-18)11-6-14-29-22(27)17-9-8-16(2)15-17/h9,15H,3-8,10-14H2,1-2H3,(H,23,26). The molecule has 0 bridgehead atoms. The fourth-order valence-corrected chi connectivity index (χ4v) is 3.67. The maximum absolute atomic E-state index is 12.7. The topological polar surface area (TPSA) is 82.5 Å². The number of carbonyl (C=O) groups excluding carboxylic acids is 2. The van der Waals surface area contributed by atoms with Gasteiger partial charge in [0, 0.05) is 32.7 Å². The molecule has 1 N–H and O–H groups in total. The van der Waals surface area contributed by atoms with Gasteiger partial charge in [-0.25, -0.2) is 4.79 Å². The molecule has 7 nitrogen and oxygen atoms in total. The van der Waals surface area contributed by atoms with Crippen molar-refractivity contribution in [1.29, 1.82) is 0 Å². The SMILES string of the molecule is CCc1nn(CCCOC(=O)C2=CCC(C)=C2)c2c1C(=O)NCCCOCCC2. The zero-order chi connectivity index (χ0) is 20.6. The highest BCUT2D eigenvalue weighted by Gasteiger charge is 2.23. The number of esters is 1. The van der Waals surface area contributed by atoms with Gasteiger partial charge in [-0.15, -0.1) is 0 Å². The number of fused-ring (bicyclic) bond motifs is 1. The third-order valence-corrected chi connectivity index (χ3v) is 5.17. The molecule has 7 heteroatoms. The number of nitrogens with one attached hydrogen (secondary N) is 1. The lowest BCUT2D eigenvalue weighted by atomic mass is 10.1. The summed E-state index contributed by atoms with van der Waals surface area (Å²) in [4.78, 5) is 24.8. The first kappa shape index (κ1) is 21.3. The van der Waals surface area contributed by atoms with E-state index in [9.17, 15) is 9.59 Å². The lowest BCUT2D eigenvalue weighted by Crippen LogP contribution is -2.26. The number of rotatable bonds is 6. The Labute approximate surface area is 172 Å². The molecule has 1 aromatic rings. The largest absolute Gasteiger partial charge is 0.462 e. The Morgan fingerprint density at radius 1 is 1.34 bits per heavy atom. The minimum Gasteiger partial charge on any atom is -0.462 e. The Balaban J connectivity index is 1.64. The van der Waals surface area contributed by atoms with Gasteiger partial charge >= 0.3 is 5.97 Å². The minimum atomic E-state index is -0.271. The average molecular weight is 402 g/mol. The van der Waals surface area contributed by atoms with Crippen LogP contribution in [0.5, 0.6) is 0 Å². The van der Waals surface area contributed by atoms with Crippen LogP contribution in [0.4, 0.5) is 0 Å². The maximum Gasteiger partial charge on any atom is 0.337 e. The summed E-state index contributed by atoms with van der Waals surface area (Å²) in [5, 5.41) is 7.67. The molecule has 0 radical (unpaired) electrons. The molecule has 158 valence electrons. The van der Waals surface area contributed by atoms with Gasteiger partial charge in [0.2, 0.25) is 0 Å². The second-order valence-electron chi connectivity index (χ2n) is 7.51. The van der Waals surface area contributed by atoms with Gasteiger partial charge in [0.25, 0.3) is 5.91 Å². The third-order valence-electron chi connectivity index (χ3n) is 5.17. The van der Waals surface area contributed by atoms with Gasteiger partial charge in [0.15, 0.2) is 0 Å². The molecule has 1 aliphatic heterocycles. The van der Waals surface area contributed by atoms with Crippen LogP contribution in [-0.4, -0.2) is 48.0 Å². The van der Waals surface area contributed by atoms with Gasteiger partial charge in [-0.05, 0) is 45.1 Å². The van der Waals surface area contributed by atoms with Crippen LogP contribution in [0.25, 0.3) is 0 Å². The van der Waals surface area contributed by atoms with E-state index in [0.717, 1.165) is 37.1 Å². The summed E-state index contributed by atoms with van der Waals surface area (Å²) >= 11 is 0. The first-order chi connectivity index (χ1) is 14.1. The Hall–Kier alpha value is -2.41. The molecule has 0 saturated carbocycles. The molecule has 0 fully saturated rings. The molecule has 1 aliphatic carbocycles. The van der Waals surface area contributed by atoms with E-state index < -0.39 is 0 Å². The molecular formula is C22H31N3O4. The Bertz CT molecular complexity index is 807. The number of aryl methyl sites for hydroxylation is 2. The van der Waals surface area contributed by atoms with Crippen molar-refractivity contribution in [2.45, 2.75) is 58.9 Å². The number of amides is 1. The van der Waals surface area contributed by atoms with E-state index in [1.807, 2.05) is 30.7 Å². The second-order valence-corrected chi connectivity index (χ2v) is 7.51. The molecule has 0 aromatic carbocycles. The van der Waals surface area contributed by atoms with Crippen LogP contribution < -0.4 is 5.32 Å². The summed E-state index contributed by atoms with van der Waals surface area (Å²) in [6.07, 6.45) is 8.35. The smallest absolute Gasteiger partial charge is 0.337 e. The first-order valence-corrected chi connectivity index (χ1v) is 10.6. The number of allylic oxidation sites excluding steroid dienone is 2. The van der Waals surface area contributed by atoms with Gasteiger partial charge < -0.3 is 14.8 Å². The molecule has 1 aromatic heterocycles. The second kappa shape index (κ2) is 10.4. The molecule has 0 saturated heterocycles. The Morgan fingerprint density at radius 3 is 2.93 bits per heavy atom. The normalized spacial score (nSPS) is 17.7. The highest BCUT2D eigenvalue weighted by atomic mass is 16.5. The van der Waals surface area contributed by atoms with Crippen molar-refractivity contribution in [3.05, 3.63) is 40.2 Å². The molecular weight excluding hydrogens is 370 g/mol. The van der Waals surface area contributed by atoms with Crippen molar-refractivity contribution in [2.24, 2.45) is 0 Å². The van der Waals surface area contributed by atoms with Gasteiger partial charge in [-0.3, -0.25) is 9.48 Å². The van der Waals surface area contributed by atoms with Crippen LogP contribution >= 0.6 is 0 Å². The minimum absolute atomic E-state index is 0.0493. The van der Waals surface area contributed by atoms with Gasteiger partial charge in [0.1, 0.15) is 0 Å². The number of hydrogen-bond acceptors (Lipinski definition) is 5. The number of aromatic nitrogens is 2. The number of ether oxygens (including phenoxy) is 2. The summed E-state index contributed by atoms with van der Waals surface area (Å²) in [7, 11) is 0. The zero-order valence-electron chi connectivity index (χ0n) is 17.5. The van der Waals surface area contributed by atoms with Gasteiger partial charge in [-0.2, -0.15) is 5.10 Å². The molecule has 3 rings (SSSR count). The van der Waals surface area contributed by atoms with Crippen molar-refractivity contribution in [3.63, 3.8) is 0 Å². The summed E-state index contributed by atoms with van der Waals surface area (Å²) < 4.78 is 12.9. The first-order valence-electron chi connectivity index (χ1n) is 10.6. The Morgan fingerprint density at radius 2 is 2.17 bits per heavy atom. The van der Waals surface area contributed by atoms with Crippen LogP contribution in [-0.2, 0) is 33.7 Å². The molecule has 2 aliphatic rings. The summed E-state index contributed by atoms with van der Waals surface area (Å²) in [6.45, 7) is 6.90. The van der Waals surface area contributed by atoms with Crippen LogP contribution in [0.3, 0.4) is 0 Å². The van der Waals surface area contributed by atoms with Gasteiger partial charge in [-0.1, -0.05) is 18.6 Å². The third kappa shape index (κ3) is 5.56. The summed E-state index contributed by atoms with van der Waals surface area (Å²) in [5.74, 6) is -0.320. The summed E-state index contributed by atoms with van der Waals surface area (Å²) in [5.41, 5.74) is 4.30. The zero-order valence-corrected chi connectivity index (χ0v) is 17.5. The fourth-order valence-electron chi connectivity index (χ4n) is 3.67. The molecule has 2 heterocycles. The average Bonchev–Trinajstić information content (AvgIpc) is 3.29. The lowest BCUT2D eigenvalue weighted by Gasteiger charge is -2.10.